The summed E-state index contributed by atoms with van der Waals surface area (Å²) in [5.74, 6) is -0.772. The van der Waals surface area contributed by atoms with Crippen molar-refractivity contribution in [1.29, 1.82) is 0 Å². The van der Waals surface area contributed by atoms with Crippen LogP contribution in [0.4, 0.5) is 0 Å². The zero-order valence-corrected chi connectivity index (χ0v) is 12.1. The second kappa shape index (κ2) is 6.57. The number of aryl methyl sites for hydroxylation is 1. The molecule has 4 nitrogen and oxygen atoms in total. The van der Waals surface area contributed by atoms with Crippen LogP contribution in [0.5, 0.6) is 0 Å². The number of fused-ring (bicyclic) bond motifs is 1. The van der Waals surface area contributed by atoms with Crippen LogP contribution in [0.1, 0.15) is 32.3 Å². The molecule has 0 amide bonds. The molecule has 0 aliphatic rings. The summed E-state index contributed by atoms with van der Waals surface area (Å²) in [4.78, 5) is 11.2. The molecule has 1 atom stereocenters. The average molecular weight is 274 g/mol. The Hall–Kier alpha value is -1.81. The number of rotatable bonds is 7. The van der Waals surface area contributed by atoms with Gasteiger partial charge in [-0.2, -0.15) is 0 Å². The van der Waals surface area contributed by atoms with Crippen LogP contribution < -0.4 is 5.32 Å². The summed E-state index contributed by atoms with van der Waals surface area (Å²) < 4.78 is 2.20. The van der Waals surface area contributed by atoms with E-state index in [4.69, 9.17) is 0 Å². The largest absolute Gasteiger partial charge is 0.480 e. The Kier molecular flexibility index (Phi) is 4.79. The number of para-hydroxylation sites is 1. The van der Waals surface area contributed by atoms with Gasteiger partial charge in [0.05, 0.1) is 0 Å². The predicted octanol–water partition coefficient (Wildman–Crippen LogP) is 3.00. The molecule has 0 saturated heterocycles. The van der Waals surface area contributed by atoms with E-state index in [1.807, 2.05) is 19.1 Å². The van der Waals surface area contributed by atoms with E-state index in [0.717, 1.165) is 18.5 Å². The Morgan fingerprint density at radius 2 is 2.10 bits per heavy atom. The maximum atomic E-state index is 11.2. The fourth-order valence-electron chi connectivity index (χ4n) is 2.56. The molecule has 1 aromatic carbocycles. The molecule has 2 rings (SSSR count). The highest BCUT2D eigenvalue weighted by Gasteiger charge is 2.16. The lowest BCUT2D eigenvalue weighted by atomic mass is 10.1. The molecule has 0 fully saturated rings. The Labute approximate surface area is 119 Å². The molecule has 0 bridgehead atoms. The first-order valence-corrected chi connectivity index (χ1v) is 7.20. The lowest BCUT2D eigenvalue weighted by Gasteiger charge is -2.12. The number of hydrogen-bond acceptors (Lipinski definition) is 2. The van der Waals surface area contributed by atoms with Gasteiger partial charge in [-0.1, -0.05) is 31.5 Å². The van der Waals surface area contributed by atoms with Crippen molar-refractivity contribution in [2.75, 3.05) is 0 Å². The molecule has 1 heterocycles. The van der Waals surface area contributed by atoms with E-state index in [-0.39, 0.29) is 0 Å². The molecule has 2 aromatic rings. The van der Waals surface area contributed by atoms with Gasteiger partial charge < -0.3 is 15.0 Å². The zero-order chi connectivity index (χ0) is 14.5. The van der Waals surface area contributed by atoms with Gasteiger partial charge in [0.2, 0.25) is 0 Å². The minimum absolute atomic E-state index is 0.469. The van der Waals surface area contributed by atoms with E-state index in [1.54, 1.807) is 0 Å². The minimum atomic E-state index is -0.772. The Balaban J connectivity index is 2.19. The number of benzene rings is 1. The van der Waals surface area contributed by atoms with Gasteiger partial charge in [0.15, 0.2) is 0 Å². The van der Waals surface area contributed by atoms with E-state index < -0.39 is 12.0 Å². The van der Waals surface area contributed by atoms with Gasteiger partial charge in [0.25, 0.3) is 0 Å². The van der Waals surface area contributed by atoms with Crippen molar-refractivity contribution in [3.8, 4) is 0 Å². The molecule has 0 radical (unpaired) electrons. The van der Waals surface area contributed by atoms with Gasteiger partial charge in [-0.05, 0) is 25.0 Å². The topological polar surface area (TPSA) is 54.3 Å². The molecular weight excluding hydrogens is 252 g/mol. The number of nitrogens with one attached hydrogen (secondary N) is 1. The van der Waals surface area contributed by atoms with Crippen molar-refractivity contribution in [3.05, 3.63) is 36.0 Å². The summed E-state index contributed by atoms with van der Waals surface area (Å²) in [6.45, 7) is 5.61. The van der Waals surface area contributed by atoms with Crippen LogP contribution >= 0.6 is 0 Å². The van der Waals surface area contributed by atoms with Crippen LogP contribution in [0.15, 0.2) is 30.5 Å². The SMILES string of the molecule is CCCC(NCc1cn(CC)c2ccccc12)C(=O)O. The number of carboxylic acid groups (broad SMARTS) is 1. The third-order valence-corrected chi connectivity index (χ3v) is 3.63. The maximum Gasteiger partial charge on any atom is 0.320 e. The Morgan fingerprint density at radius 1 is 1.35 bits per heavy atom. The van der Waals surface area contributed by atoms with Gasteiger partial charge >= 0.3 is 5.97 Å². The van der Waals surface area contributed by atoms with Gasteiger partial charge in [-0.15, -0.1) is 0 Å². The van der Waals surface area contributed by atoms with Crippen molar-refractivity contribution < 1.29 is 9.90 Å². The van der Waals surface area contributed by atoms with Gasteiger partial charge in [0, 0.05) is 30.2 Å². The predicted molar refractivity (Wildman–Crippen MR) is 80.8 cm³/mol. The summed E-state index contributed by atoms with van der Waals surface area (Å²) in [6.07, 6.45) is 3.63. The van der Waals surface area contributed by atoms with Crippen molar-refractivity contribution in [1.82, 2.24) is 9.88 Å². The van der Waals surface area contributed by atoms with Crippen LogP contribution in [0.2, 0.25) is 0 Å². The first-order chi connectivity index (χ1) is 9.67. The third-order valence-electron chi connectivity index (χ3n) is 3.63. The quantitative estimate of drug-likeness (QED) is 0.816. The van der Waals surface area contributed by atoms with Crippen LogP contribution in [0.25, 0.3) is 10.9 Å². The fourth-order valence-corrected chi connectivity index (χ4v) is 2.56. The Bertz CT molecular complexity index is 589. The smallest absolute Gasteiger partial charge is 0.320 e. The number of aromatic nitrogens is 1. The van der Waals surface area contributed by atoms with Crippen molar-refractivity contribution in [2.45, 2.75) is 45.8 Å². The highest BCUT2D eigenvalue weighted by atomic mass is 16.4. The summed E-state index contributed by atoms with van der Waals surface area (Å²) in [5, 5.41) is 13.5. The van der Waals surface area contributed by atoms with E-state index in [2.05, 4.69) is 35.1 Å². The van der Waals surface area contributed by atoms with E-state index >= 15 is 0 Å². The highest BCUT2D eigenvalue weighted by Crippen LogP contribution is 2.21. The van der Waals surface area contributed by atoms with E-state index in [1.165, 1.54) is 10.9 Å². The molecule has 4 heteroatoms. The molecule has 20 heavy (non-hydrogen) atoms. The van der Waals surface area contributed by atoms with E-state index in [0.29, 0.717) is 13.0 Å². The summed E-state index contributed by atoms with van der Waals surface area (Å²) in [7, 11) is 0. The number of aliphatic carboxylic acids is 1. The van der Waals surface area contributed by atoms with Crippen LogP contribution in [0.3, 0.4) is 0 Å². The second-order valence-corrected chi connectivity index (χ2v) is 5.02. The zero-order valence-electron chi connectivity index (χ0n) is 12.1. The van der Waals surface area contributed by atoms with Crippen molar-refractivity contribution in [2.24, 2.45) is 0 Å². The first kappa shape index (κ1) is 14.6. The fraction of sp³-hybridized carbons (Fsp3) is 0.438. The van der Waals surface area contributed by atoms with Gasteiger partial charge in [0.1, 0.15) is 6.04 Å². The lowest BCUT2D eigenvalue weighted by molar-refractivity contribution is -0.139. The number of nitrogens with zero attached hydrogens (tertiary/aromatic N) is 1. The summed E-state index contributed by atoms with van der Waals surface area (Å²) >= 11 is 0. The highest BCUT2D eigenvalue weighted by molar-refractivity contribution is 5.84. The number of carbonyl (C=O) groups is 1. The van der Waals surface area contributed by atoms with Crippen LogP contribution in [-0.2, 0) is 17.9 Å². The molecule has 1 unspecified atom stereocenters. The average Bonchev–Trinajstić information content (AvgIpc) is 2.81. The third kappa shape index (κ3) is 3.02. The molecule has 1 aromatic heterocycles. The molecule has 2 N–H and O–H groups in total. The Morgan fingerprint density at radius 3 is 2.75 bits per heavy atom. The molecule has 0 aliphatic heterocycles. The molecule has 0 saturated carbocycles. The summed E-state index contributed by atoms with van der Waals surface area (Å²) in [5.41, 5.74) is 2.36. The van der Waals surface area contributed by atoms with Crippen molar-refractivity contribution >= 4 is 16.9 Å². The second-order valence-electron chi connectivity index (χ2n) is 5.02. The first-order valence-electron chi connectivity index (χ1n) is 7.20. The normalized spacial score (nSPS) is 12.7. The molecule has 0 spiro atoms. The minimum Gasteiger partial charge on any atom is -0.480 e. The number of hydrogen-bond donors (Lipinski definition) is 2. The van der Waals surface area contributed by atoms with Gasteiger partial charge in [-0.25, -0.2) is 0 Å². The summed E-state index contributed by atoms with van der Waals surface area (Å²) in [6, 6.07) is 7.77. The monoisotopic (exact) mass is 274 g/mol. The van der Waals surface area contributed by atoms with Gasteiger partial charge in [-0.3, -0.25) is 4.79 Å². The van der Waals surface area contributed by atoms with E-state index in [9.17, 15) is 9.90 Å². The number of carboxylic acids is 1. The molecule has 0 aliphatic carbocycles. The lowest BCUT2D eigenvalue weighted by Crippen LogP contribution is -2.35. The van der Waals surface area contributed by atoms with Crippen molar-refractivity contribution in [3.63, 3.8) is 0 Å². The maximum absolute atomic E-state index is 11.2. The molecule has 108 valence electrons. The van der Waals surface area contributed by atoms with Crippen LogP contribution in [-0.4, -0.2) is 21.7 Å². The van der Waals surface area contributed by atoms with Crippen LogP contribution in [0, 0.1) is 0 Å². The standard InChI is InChI=1S/C16H22N2O2/c1-3-7-14(16(19)20)17-10-12-11-18(4-2)15-9-6-5-8-13(12)15/h5-6,8-9,11,14,17H,3-4,7,10H2,1-2H3,(H,19,20). The molecular formula is C16H22N2O2.